The minimum Gasteiger partial charge on any atom is -0.352 e. The lowest BCUT2D eigenvalue weighted by Crippen LogP contribution is -2.42. The Bertz CT molecular complexity index is 566. The average molecular weight is 298 g/mol. The van der Waals surface area contributed by atoms with Crippen molar-refractivity contribution in [2.45, 2.75) is 51.5 Å². The summed E-state index contributed by atoms with van der Waals surface area (Å²) >= 11 is 0. The van der Waals surface area contributed by atoms with E-state index in [4.69, 9.17) is 0 Å². The van der Waals surface area contributed by atoms with E-state index in [1.807, 2.05) is 25.1 Å². The van der Waals surface area contributed by atoms with Gasteiger partial charge in [0, 0.05) is 11.6 Å². The Balaban J connectivity index is 2.04. The Labute approximate surface area is 131 Å². The number of Topliss-reactive ketones (excluding diaryl/α,β-unsaturated/α-hetero) is 1. The van der Waals surface area contributed by atoms with Crippen molar-refractivity contribution >= 4 is 11.7 Å². The van der Waals surface area contributed by atoms with Crippen molar-refractivity contribution < 1.29 is 9.59 Å². The summed E-state index contributed by atoms with van der Waals surface area (Å²) in [7, 11) is 0. The van der Waals surface area contributed by atoms with Gasteiger partial charge in [-0.25, -0.2) is 0 Å². The summed E-state index contributed by atoms with van der Waals surface area (Å²) < 4.78 is 0. The molecule has 2 rings (SSSR count). The first-order valence-corrected chi connectivity index (χ1v) is 7.99. The number of nitrogens with one attached hydrogen (secondary N) is 1. The second-order valence-electron chi connectivity index (χ2n) is 5.82. The van der Waals surface area contributed by atoms with E-state index in [-0.39, 0.29) is 6.04 Å². The first-order valence-electron chi connectivity index (χ1n) is 7.99. The van der Waals surface area contributed by atoms with E-state index in [9.17, 15) is 14.9 Å². The smallest absolute Gasteiger partial charge is 0.245 e. The predicted octanol–water partition coefficient (Wildman–Crippen LogP) is 3.02. The number of ketones is 1. The summed E-state index contributed by atoms with van der Waals surface area (Å²) in [6.45, 7) is 2.03. The van der Waals surface area contributed by atoms with E-state index >= 15 is 0 Å². The van der Waals surface area contributed by atoms with Gasteiger partial charge in [-0.2, -0.15) is 5.26 Å². The second kappa shape index (κ2) is 7.74. The van der Waals surface area contributed by atoms with Gasteiger partial charge in [0.25, 0.3) is 0 Å². The van der Waals surface area contributed by atoms with E-state index in [1.54, 1.807) is 12.1 Å². The summed E-state index contributed by atoms with van der Waals surface area (Å²) in [5, 5.41) is 12.1. The van der Waals surface area contributed by atoms with E-state index < -0.39 is 17.6 Å². The van der Waals surface area contributed by atoms with E-state index in [2.05, 4.69) is 5.32 Å². The van der Waals surface area contributed by atoms with Crippen molar-refractivity contribution in [3.8, 4) is 6.07 Å². The monoisotopic (exact) mass is 298 g/mol. The number of hydrogen-bond donors (Lipinski definition) is 1. The highest BCUT2D eigenvalue weighted by Crippen LogP contribution is 2.18. The second-order valence-corrected chi connectivity index (χ2v) is 5.82. The number of amides is 1. The quantitative estimate of drug-likeness (QED) is 0.671. The summed E-state index contributed by atoms with van der Waals surface area (Å²) in [5.41, 5.74) is 1.54. The Morgan fingerprint density at radius 2 is 1.86 bits per heavy atom. The van der Waals surface area contributed by atoms with Gasteiger partial charge in [0.1, 0.15) is 0 Å². The van der Waals surface area contributed by atoms with Crippen LogP contribution in [0.4, 0.5) is 0 Å². The molecule has 1 saturated carbocycles. The molecule has 0 heterocycles. The van der Waals surface area contributed by atoms with Gasteiger partial charge in [-0.1, -0.05) is 50.5 Å². The third kappa shape index (κ3) is 3.94. The summed E-state index contributed by atoms with van der Waals surface area (Å²) in [5.74, 6) is -2.13. The number of aryl methyl sites for hydroxylation is 1. The van der Waals surface area contributed by atoms with Crippen molar-refractivity contribution in [2.24, 2.45) is 5.92 Å². The fraction of sp³-hybridized carbons (Fsp3) is 0.500. The molecule has 22 heavy (non-hydrogen) atoms. The van der Waals surface area contributed by atoms with Crippen LogP contribution in [0, 0.1) is 17.2 Å². The molecule has 1 aliphatic rings. The molecule has 1 aliphatic carbocycles. The van der Waals surface area contributed by atoms with Crippen LogP contribution in [0.5, 0.6) is 0 Å². The number of hydrogen-bond acceptors (Lipinski definition) is 3. The highest BCUT2D eigenvalue weighted by atomic mass is 16.2. The summed E-state index contributed by atoms with van der Waals surface area (Å²) in [6.07, 6.45) is 6.13. The third-order valence-electron chi connectivity index (χ3n) is 4.25. The molecule has 4 heteroatoms. The lowest BCUT2D eigenvalue weighted by atomic mass is 9.93. The van der Waals surface area contributed by atoms with Crippen molar-refractivity contribution in [1.82, 2.24) is 5.32 Å². The van der Waals surface area contributed by atoms with Crippen LogP contribution in [0.15, 0.2) is 24.3 Å². The van der Waals surface area contributed by atoms with Gasteiger partial charge >= 0.3 is 0 Å². The van der Waals surface area contributed by atoms with Crippen LogP contribution in [0.1, 0.15) is 54.9 Å². The standard InChI is InChI=1S/C18H22N2O2/c1-2-13-8-10-14(11-9-13)17(21)16(12-19)18(22)20-15-6-4-3-5-7-15/h8-11,15-16H,2-7H2,1H3,(H,20,22). The summed E-state index contributed by atoms with van der Waals surface area (Å²) in [6, 6.07) is 9.07. The van der Waals surface area contributed by atoms with Gasteiger partial charge in [0.2, 0.25) is 5.91 Å². The van der Waals surface area contributed by atoms with Crippen molar-refractivity contribution in [1.29, 1.82) is 5.26 Å². The van der Waals surface area contributed by atoms with Crippen molar-refractivity contribution in [2.75, 3.05) is 0 Å². The Morgan fingerprint density at radius 3 is 2.41 bits per heavy atom. The lowest BCUT2D eigenvalue weighted by molar-refractivity contribution is -0.123. The molecule has 1 atom stereocenters. The van der Waals surface area contributed by atoms with Crippen molar-refractivity contribution in [3.63, 3.8) is 0 Å². The molecule has 0 aliphatic heterocycles. The number of benzene rings is 1. The van der Waals surface area contributed by atoms with Gasteiger partial charge < -0.3 is 5.32 Å². The van der Waals surface area contributed by atoms with Crippen LogP contribution in [0.3, 0.4) is 0 Å². The molecule has 116 valence electrons. The fourth-order valence-corrected chi connectivity index (χ4v) is 2.84. The SMILES string of the molecule is CCc1ccc(C(=O)C(C#N)C(=O)NC2CCCCC2)cc1. The first kappa shape index (κ1) is 16.2. The van der Waals surface area contributed by atoms with E-state index in [0.717, 1.165) is 37.7 Å². The van der Waals surface area contributed by atoms with Gasteiger partial charge in [0.05, 0.1) is 6.07 Å². The molecule has 1 aromatic carbocycles. The predicted molar refractivity (Wildman–Crippen MR) is 84.3 cm³/mol. The number of nitrogens with zero attached hydrogens (tertiary/aromatic N) is 1. The van der Waals surface area contributed by atoms with Crippen LogP contribution in [-0.2, 0) is 11.2 Å². The van der Waals surface area contributed by atoms with Gasteiger partial charge in [0.15, 0.2) is 11.7 Å². The van der Waals surface area contributed by atoms with Crippen LogP contribution in [0.25, 0.3) is 0 Å². The molecule has 4 nitrogen and oxygen atoms in total. The zero-order chi connectivity index (χ0) is 15.9. The minimum atomic E-state index is -1.26. The lowest BCUT2D eigenvalue weighted by Gasteiger charge is -2.23. The third-order valence-corrected chi connectivity index (χ3v) is 4.25. The maximum Gasteiger partial charge on any atom is 0.245 e. The molecule has 0 aromatic heterocycles. The molecule has 1 amide bonds. The molecule has 1 fully saturated rings. The topological polar surface area (TPSA) is 70.0 Å². The molecule has 1 aromatic rings. The highest BCUT2D eigenvalue weighted by molar-refractivity contribution is 6.12. The Hall–Kier alpha value is -2.15. The minimum absolute atomic E-state index is 0.104. The number of nitriles is 1. The van der Waals surface area contributed by atoms with Gasteiger partial charge in [-0.15, -0.1) is 0 Å². The highest BCUT2D eigenvalue weighted by Gasteiger charge is 2.29. The maximum atomic E-state index is 12.4. The molecular formula is C18H22N2O2. The molecule has 0 spiro atoms. The number of carbonyl (C=O) groups is 2. The number of carbonyl (C=O) groups excluding carboxylic acids is 2. The molecule has 0 radical (unpaired) electrons. The zero-order valence-corrected chi connectivity index (χ0v) is 13.0. The molecule has 0 saturated heterocycles. The molecule has 1 unspecified atom stereocenters. The van der Waals surface area contributed by atoms with Crippen LogP contribution < -0.4 is 5.32 Å². The molecule has 1 N–H and O–H groups in total. The molecular weight excluding hydrogens is 276 g/mol. The van der Waals surface area contributed by atoms with Crippen LogP contribution in [-0.4, -0.2) is 17.7 Å². The Kier molecular flexibility index (Phi) is 5.71. The Morgan fingerprint density at radius 1 is 1.23 bits per heavy atom. The van der Waals surface area contributed by atoms with Gasteiger partial charge in [-0.3, -0.25) is 9.59 Å². The van der Waals surface area contributed by atoms with Crippen LogP contribution in [0.2, 0.25) is 0 Å². The van der Waals surface area contributed by atoms with Crippen LogP contribution >= 0.6 is 0 Å². The zero-order valence-electron chi connectivity index (χ0n) is 13.0. The van der Waals surface area contributed by atoms with Crippen molar-refractivity contribution in [3.05, 3.63) is 35.4 Å². The van der Waals surface area contributed by atoms with E-state index in [0.29, 0.717) is 5.56 Å². The van der Waals surface area contributed by atoms with Gasteiger partial charge in [-0.05, 0) is 24.8 Å². The normalized spacial score (nSPS) is 16.5. The fourth-order valence-electron chi connectivity index (χ4n) is 2.84. The first-order chi connectivity index (χ1) is 10.7. The average Bonchev–Trinajstić information content (AvgIpc) is 2.56. The summed E-state index contributed by atoms with van der Waals surface area (Å²) in [4.78, 5) is 24.6. The van der Waals surface area contributed by atoms with E-state index in [1.165, 1.54) is 6.42 Å². The largest absolute Gasteiger partial charge is 0.352 e. The maximum absolute atomic E-state index is 12.4. The number of rotatable bonds is 5. The molecule has 0 bridgehead atoms.